The predicted octanol–water partition coefficient (Wildman–Crippen LogP) is 2.19. The largest absolute Gasteiger partial charge is 0.462 e. The first kappa shape index (κ1) is 13.6. The third kappa shape index (κ3) is 2.97. The maximum absolute atomic E-state index is 12.2. The Hall–Kier alpha value is -1.79. The molecule has 6 heteroatoms. The molecule has 0 aliphatic rings. The monoisotopic (exact) mass is 281 g/mol. The molecule has 0 saturated heterocycles. The summed E-state index contributed by atoms with van der Waals surface area (Å²) in [7, 11) is -3.70. The van der Waals surface area contributed by atoms with Crippen LogP contribution >= 0.6 is 0 Å². The Morgan fingerprint density at radius 2 is 1.84 bits per heavy atom. The van der Waals surface area contributed by atoms with Crippen molar-refractivity contribution < 1.29 is 17.9 Å². The fraction of sp³-hybridized carbons (Fsp3) is 0.231. The molecule has 19 heavy (non-hydrogen) atoms. The van der Waals surface area contributed by atoms with Gasteiger partial charge < -0.3 is 9.52 Å². The Morgan fingerprint density at radius 3 is 2.37 bits per heavy atom. The predicted molar refractivity (Wildman–Crippen MR) is 71.4 cm³/mol. The lowest BCUT2D eigenvalue weighted by atomic mass is 10.2. The Labute approximate surface area is 111 Å². The molecule has 0 radical (unpaired) electrons. The molecule has 1 aromatic carbocycles. The average Bonchev–Trinajstić information content (AvgIpc) is 2.74. The van der Waals surface area contributed by atoms with Crippen molar-refractivity contribution in [1.82, 2.24) is 0 Å². The van der Waals surface area contributed by atoms with Crippen molar-refractivity contribution in [2.75, 3.05) is 4.72 Å². The van der Waals surface area contributed by atoms with Crippen molar-refractivity contribution in [3.05, 3.63) is 47.4 Å². The van der Waals surface area contributed by atoms with Crippen LogP contribution in [0.15, 0.2) is 39.6 Å². The number of furan rings is 1. The molecule has 0 fully saturated rings. The fourth-order valence-corrected chi connectivity index (χ4v) is 2.96. The van der Waals surface area contributed by atoms with Gasteiger partial charge in [0.25, 0.3) is 10.0 Å². The summed E-state index contributed by atoms with van der Waals surface area (Å²) in [5.41, 5.74) is 1.53. The molecule has 1 heterocycles. The highest BCUT2D eigenvalue weighted by Gasteiger charge is 2.21. The molecule has 0 amide bonds. The normalized spacial score (nSPS) is 11.5. The SMILES string of the molecule is Cc1ccc(NS(=O)(=O)c2cc(CO)oc2C)cc1. The highest BCUT2D eigenvalue weighted by atomic mass is 32.2. The lowest BCUT2D eigenvalue weighted by molar-refractivity contribution is 0.245. The number of nitrogens with one attached hydrogen (secondary N) is 1. The van der Waals surface area contributed by atoms with E-state index in [2.05, 4.69) is 4.72 Å². The van der Waals surface area contributed by atoms with Gasteiger partial charge in [-0.2, -0.15) is 0 Å². The van der Waals surface area contributed by atoms with Crippen LogP contribution in [0.2, 0.25) is 0 Å². The number of aliphatic hydroxyl groups is 1. The van der Waals surface area contributed by atoms with E-state index in [1.807, 2.05) is 19.1 Å². The van der Waals surface area contributed by atoms with Crippen LogP contribution in [-0.4, -0.2) is 13.5 Å². The van der Waals surface area contributed by atoms with Crippen LogP contribution in [0, 0.1) is 13.8 Å². The Morgan fingerprint density at radius 1 is 1.21 bits per heavy atom. The molecule has 0 saturated carbocycles. The van der Waals surface area contributed by atoms with Crippen LogP contribution in [-0.2, 0) is 16.6 Å². The van der Waals surface area contributed by atoms with Gasteiger partial charge in [-0.05, 0) is 26.0 Å². The highest BCUT2D eigenvalue weighted by molar-refractivity contribution is 7.92. The summed E-state index contributed by atoms with van der Waals surface area (Å²) < 4.78 is 32.0. The topological polar surface area (TPSA) is 79.5 Å². The second-order valence-electron chi connectivity index (χ2n) is 4.26. The first-order chi connectivity index (χ1) is 8.92. The summed E-state index contributed by atoms with van der Waals surface area (Å²) in [5, 5.41) is 8.95. The van der Waals surface area contributed by atoms with Crippen molar-refractivity contribution >= 4 is 15.7 Å². The molecular formula is C13H15NO4S. The van der Waals surface area contributed by atoms with E-state index in [1.54, 1.807) is 19.1 Å². The third-order valence-electron chi connectivity index (χ3n) is 2.67. The fourth-order valence-electron chi connectivity index (χ4n) is 1.70. The quantitative estimate of drug-likeness (QED) is 0.900. The molecule has 0 spiro atoms. The van der Waals surface area contributed by atoms with Crippen LogP contribution in [0.1, 0.15) is 17.1 Å². The second-order valence-corrected chi connectivity index (χ2v) is 5.91. The number of sulfonamides is 1. The molecule has 0 aliphatic heterocycles. The molecule has 102 valence electrons. The molecule has 0 unspecified atom stereocenters. The van der Waals surface area contributed by atoms with E-state index in [1.165, 1.54) is 6.07 Å². The minimum atomic E-state index is -3.70. The Bertz CT molecular complexity index is 671. The summed E-state index contributed by atoms with van der Waals surface area (Å²) in [5.74, 6) is 0.477. The minimum Gasteiger partial charge on any atom is -0.462 e. The minimum absolute atomic E-state index is 0.0390. The lowest BCUT2D eigenvalue weighted by Gasteiger charge is -2.07. The van der Waals surface area contributed by atoms with Gasteiger partial charge in [-0.25, -0.2) is 8.42 Å². The maximum atomic E-state index is 12.2. The lowest BCUT2D eigenvalue weighted by Crippen LogP contribution is -2.13. The van der Waals surface area contributed by atoms with E-state index < -0.39 is 10.0 Å². The van der Waals surface area contributed by atoms with Crippen molar-refractivity contribution in [2.24, 2.45) is 0 Å². The summed E-state index contributed by atoms with van der Waals surface area (Å²) in [4.78, 5) is 0.0390. The molecule has 0 aliphatic carbocycles. The number of rotatable bonds is 4. The number of hydrogen-bond acceptors (Lipinski definition) is 4. The number of anilines is 1. The van der Waals surface area contributed by atoms with Crippen LogP contribution < -0.4 is 4.72 Å². The highest BCUT2D eigenvalue weighted by Crippen LogP contribution is 2.23. The maximum Gasteiger partial charge on any atom is 0.265 e. The Balaban J connectivity index is 2.31. The second kappa shape index (κ2) is 5.07. The van der Waals surface area contributed by atoms with Crippen molar-refractivity contribution in [3.8, 4) is 0 Å². The molecule has 2 N–H and O–H groups in total. The van der Waals surface area contributed by atoms with Crippen molar-refractivity contribution in [3.63, 3.8) is 0 Å². The van der Waals surface area contributed by atoms with Gasteiger partial charge in [-0.15, -0.1) is 0 Å². The first-order valence-corrected chi connectivity index (χ1v) is 7.20. The Kier molecular flexibility index (Phi) is 3.64. The van der Waals surface area contributed by atoms with E-state index >= 15 is 0 Å². The molecule has 2 rings (SSSR count). The van der Waals surface area contributed by atoms with Crippen molar-refractivity contribution in [1.29, 1.82) is 0 Å². The van der Waals surface area contributed by atoms with Gasteiger partial charge in [0.15, 0.2) is 0 Å². The van der Waals surface area contributed by atoms with Gasteiger partial charge in [0.05, 0.1) is 0 Å². The number of benzene rings is 1. The summed E-state index contributed by atoms with van der Waals surface area (Å²) in [6.45, 7) is 3.13. The van der Waals surface area contributed by atoms with Crippen LogP contribution in [0.4, 0.5) is 5.69 Å². The van der Waals surface area contributed by atoms with E-state index in [0.717, 1.165) is 5.56 Å². The van der Waals surface area contributed by atoms with Crippen LogP contribution in [0.3, 0.4) is 0 Å². The zero-order valence-corrected chi connectivity index (χ0v) is 11.5. The van der Waals surface area contributed by atoms with E-state index in [9.17, 15) is 8.42 Å². The molecule has 1 aromatic heterocycles. The first-order valence-electron chi connectivity index (χ1n) is 5.72. The number of aryl methyl sites for hydroxylation is 2. The average molecular weight is 281 g/mol. The zero-order valence-electron chi connectivity index (χ0n) is 10.7. The molecule has 2 aromatic rings. The molecule has 5 nitrogen and oxygen atoms in total. The standard InChI is InChI=1S/C13H15NO4S/c1-9-3-5-11(6-4-9)14-19(16,17)13-7-12(8-15)18-10(13)2/h3-7,14-15H,8H2,1-2H3. The summed E-state index contributed by atoms with van der Waals surface area (Å²) >= 11 is 0. The third-order valence-corrected chi connectivity index (χ3v) is 4.16. The zero-order chi connectivity index (χ0) is 14.0. The smallest absolute Gasteiger partial charge is 0.265 e. The van der Waals surface area contributed by atoms with Gasteiger partial charge >= 0.3 is 0 Å². The van der Waals surface area contributed by atoms with Gasteiger partial charge in [0.1, 0.15) is 23.0 Å². The molecule has 0 bridgehead atoms. The van der Waals surface area contributed by atoms with Crippen LogP contribution in [0.25, 0.3) is 0 Å². The number of hydrogen-bond donors (Lipinski definition) is 2. The van der Waals surface area contributed by atoms with Crippen LogP contribution in [0.5, 0.6) is 0 Å². The van der Waals surface area contributed by atoms with Gasteiger partial charge in [-0.1, -0.05) is 17.7 Å². The summed E-state index contributed by atoms with van der Waals surface area (Å²) in [6.07, 6.45) is 0. The molecule has 0 atom stereocenters. The molecular weight excluding hydrogens is 266 g/mol. The van der Waals surface area contributed by atoms with Crippen molar-refractivity contribution in [2.45, 2.75) is 25.3 Å². The van der Waals surface area contributed by atoms with Gasteiger partial charge in [0.2, 0.25) is 0 Å². The van der Waals surface area contributed by atoms with Gasteiger partial charge in [-0.3, -0.25) is 4.72 Å². The van der Waals surface area contributed by atoms with E-state index in [4.69, 9.17) is 9.52 Å². The van der Waals surface area contributed by atoms with E-state index in [-0.39, 0.29) is 23.0 Å². The summed E-state index contributed by atoms with van der Waals surface area (Å²) in [6, 6.07) is 8.34. The van der Waals surface area contributed by atoms with E-state index in [0.29, 0.717) is 5.69 Å². The number of aliphatic hydroxyl groups excluding tert-OH is 1. The van der Waals surface area contributed by atoms with Gasteiger partial charge in [0, 0.05) is 11.8 Å².